The van der Waals surface area contributed by atoms with Gasteiger partial charge < -0.3 is 10.2 Å². The first-order chi connectivity index (χ1) is 16.5. The molecule has 2 unspecified atom stereocenters. The van der Waals surface area contributed by atoms with E-state index in [4.69, 9.17) is 0 Å². The molecule has 2 aromatic rings. The lowest BCUT2D eigenvalue weighted by molar-refractivity contribution is -0.123. The number of allylic oxidation sites excluding steroid dienone is 3. The third kappa shape index (κ3) is 4.59. The molecule has 5 rings (SSSR count). The van der Waals surface area contributed by atoms with Gasteiger partial charge in [0, 0.05) is 23.7 Å². The molecule has 3 aliphatic rings. The van der Waals surface area contributed by atoms with Crippen LogP contribution in [0.15, 0.2) is 66.8 Å². The number of rotatable bonds is 5. The monoisotopic (exact) mass is 454 g/mol. The summed E-state index contributed by atoms with van der Waals surface area (Å²) in [5, 5.41) is 3.21. The van der Waals surface area contributed by atoms with Gasteiger partial charge in [-0.3, -0.25) is 9.59 Å². The van der Waals surface area contributed by atoms with Crippen molar-refractivity contribution >= 4 is 17.5 Å². The standard InChI is InChI=1S/C30H34N2O2/c1-20-9-6-10-21(2)27(20)30(34)32-18-8-15-26(28(32)23-11-4-3-5-12-23)29(33)31-25-14-7-13-24(19-25)22-16-17-22/h3-7,9-11,13-14,19,22-23,26,28H,8,12,15-18H2,1-2H3,(H,31,33)/t23-,26?,28?/m1/s1. The minimum absolute atomic E-state index is 0.0277. The van der Waals surface area contributed by atoms with Crippen LogP contribution in [0.2, 0.25) is 0 Å². The summed E-state index contributed by atoms with van der Waals surface area (Å²) in [7, 11) is 0. The molecule has 0 spiro atoms. The lowest BCUT2D eigenvalue weighted by Gasteiger charge is -2.44. The number of nitrogens with zero attached hydrogens (tertiary/aromatic N) is 1. The van der Waals surface area contributed by atoms with Gasteiger partial charge in [-0.2, -0.15) is 0 Å². The highest BCUT2D eigenvalue weighted by Gasteiger charge is 2.42. The van der Waals surface area contributed by atoms with Crippen LogP contribution in [-0.4, -0.2) is 29.3 Å². The zero-order valence-electron chi connectivity index (χ0n) is 20.2. The largest absolute Gasteiger partial charge is 0.334 e. The van der Waals surface area contributed by atoms with Crippen LogP contribution in [0, 0.1) is 25.7 Å². The van der Waals surface area contributed by atoms with Crippen molar-refractivity contribution in [3.05, 3.63) is 89.0 Å². The molecule has 2 fully saturated rings. The summed E-state index contributed by atoms with van der Waals surface area (Å²) in [5.41, 5.74) is 4.94. The molecular formula is C30H34N2O2. The fourth-order valence-electron chi connectivity index (χ4n) is 5.74. The van der Waals surface area contributed by atoms with Crippen molar-refractivity contribution in [2.24, 2.45) is 11.8 Å². The molecule has 1 aliphatic heterocycles. The predicted molar refractivity (Wildman–Crippen MR) is 137 cm³/mol. The number of anilines is 1. The normalized spacial score (nSPS) is 24.2. The van der Waals surface area contributed by atoms with E-state index in [1.54, 1.807) is 0 Å². The number of amides is 2. The van der Waals surface area contributed by atoms with Crippen LogP contribution in [0.4, 0.5) is 5.69 Å². The maximum Gasteiger partial charge on any atom is 0.254 e. The Labute approximate surface area is 202 Å². The molecule has 1 saturated heterocycles. The molecular weight excluding hydrogens is 420 g/mol. The van der Waals surface area contributed by atoms with Crippen molar-refractivity contribution in [1.29, 1.82) is 0 Å². The van der Waals surface area contributed by atoms with Crippen LogP contribution in [0.5, 0.6) is 0 Å². The highest BCUT2D eigenvalue weighted by Crippen LogP contribution is 2.41. The van der Waals surface area contributed by atoms with Gasteiger partial charge in [0.1, 0.15) is 0 Å². The Hall–Kier alpha value is -3.14. The third-order valence-electron chi connectivity index (χ3n) is 7.63. The van der Waals surface area contributed by atoms with Gasteiger partial charge in [0.15, 0.2) is 0 Å². The number of hydrogen-bond donors (Lipinski definition) is 1. The summed E-state index contributed by atoms with van der Waals surface area (Å²) in [6, 6.07) is 14.1. The summed E-state index contributed by atoms with van der Waals surface area (Å²) in [5.74, 6) is 0.612. The first kappa shape index (κ1) is 22.6. The zero-order chi connectivity index (χ0) is 23.7. The molecule has 34 heavy (non-hydrogen) atoms. The van der Waals surface area contributed by atoms with Crippen LogP contribution in [0.1, 0.15) is 65.1 Å². The van der Waals surface area contributed by atoms with E-state index >= 15 is 0 Å². The molecule has 4 heteroatoms. The van der Waals surface area contributed by atoms with E-state index in [-0.39, 0.29) is 29.7 Å². The van der Waals surface area contributed by atoms with E-state index in [9.17, 15) is 9.59 Å². The van der Waals surface area contributed by atoms with E-state index < -0.39 is 0 Å². The van der Waals surface area contributed by atoms with Gasteiger partial charge in [0.2, 0.25) is 5.91 Å². The Bertz CT molecular complexity index is 1120. The van der Waals surface area contributed by atoms with Crippen LogP contribution < -0.4 is 5.32 Å². The Morgan fingerprint density at radius 2 is 1.74 bits per heavy atom. The molecule has 2 amide bonds. The van der Waals surface area contributed by atoms with Gasteiger partial charge in [-0.05, 0) is 80.7 Å². The number of benzene rings is 2. The van der Waals surface area contributed by atoms with Gasteiger partial charge in [-0.25, -0.2) is 0 Å². The highest BCUT2D eigenvalue weighted by atomic mass is 16.2. The summed E-state index contributed by atoms with van der Waals surface area (Å²) in [6.07, 6.45) is 13.4. The quantitative estimate of drug-likeness (QED) is 0.587. The van der Waals surface area contributed by atoms with E-state index in [0.717, 1.165) is 41.6 Å². The summed E-state index contributed by atoms with van der Waals surface area (Å²) < 4.78 is 0. The number of piperidine rings is 1. The topological polar surface area (TPSA) is 49.4 Å². The van der Waals surface area contributed by atoms with Gasteiger partial charge in [0.05, 0.1) is 12.0 Å². The number of nitrogens with one attached hydrogen (secondary N) is 1. The summed E-state index contributed by atoms with van der Waals surface area (Å²) in [6.45, 7) is 4.69. The number of likely N-dealkylation sites (tertiary alicyclic amines) is 1. The van der Waals surface area contributed by atoms with Gasteiger partial charge >= 0.3 is 0 Å². The van der Waals surface area contributed by atoms with E-state index in [1.807, 2.05) is 49.1 Å². The van der Waals surface area contributed by atoms with Crippen molar-refractivity contribution in [2.45, 2.75) is 57.9 Å². The number of hydrogen-bond acceptors (Lipinski definition) is 2. The maximum atomic E-state index is 13.9. The molecule has 2 aliphatic carbocycles. The molecule has 176 valence electrons. The number of carbonyl (C=O) groups is 2. The molecule has 2 aromatic carbocycles. The van der Waals surface area contributed by atoms with Crippen molar-refractivity contribution in [3.8, 4) is 0 Å². The van der Waals surface area contributed by atoms with Gasteiger partial charge in [0.25, 0.3) is 5.91 Å². The second kappa shape index (κ2) is 9.61. The average molecular weight is 455 g/mol. The second-order valence-corrected chi connectivity index (χ2v) is 10.1. The maximum absolute atomic E-state index is 13.9. The fourth-order valence-corrected chi connectivity index (χ4v) is 5.74. The Morgan fingerprint density at radius 1 is 0.971 bits per heavy atom. The van der Waals surface area contributed by atoms with Gasteiger partial charge in [-0.15, -0.1) is 0 Å². The molecule has 1 N–H and O–H groups in total. The Balaban J connectivity index is 1.44. The molecule has 3 atom stereocenters. The van der Waals surface area contributed by atoms with Crippen LogP contribution in [-0.2, 0) is 4.79 Å². The molecule has 0 radical (unpaired) electrons. The van der Waals surface area contributed by atoms with E-state index in [2.05, 4.69) is 41.8 Å². The molecule has 4 nitrogen and oxygen atoms in total. The molecule has 0 bridgehead atoms. The molecule has 1 heterocycles. The SMILES string of the molecule is Cc1cccc(C)c1C(=O)N1CCCC(C(=O)Nc2cccc(C3CC3)c2)C1[C@@H]1C=CC=CC1. The summed E-state index contributed by atoms with van der Waals surface area (Å²) in [4.78, 5) is 29.6. The smallest absolute Gasteiger partial charge is 0.254 e. The van der Waals surface area contributed by atoms with Crippen molar-refractivity contribution in [1.82, 2.24) is 4.90 Å². The first-order valence-corrected chi connectivity index (χ1v) is 12.6. The van der Waals surface area contributed by atoms with E-state index in [0.29, 0.717) is 12.5 Å². The number of carbonyl (C=O) groups excluding carboxylic acids is 2. The summed E-state index contributed by atoms with van der Waals surface area (Å²) >= 11 is 0. The lowest BCUT2D eigenvalue weighted by atomic mass is 9.77. The third-order valence-corrected chi connectivity index (χ3v) is 7.63. The van der Waals surface area contributed by atoms with Crippen LogP contribution in [0.25, 0.3) is 0 Å². The Kier molecular flexibility index (Phi) is 6.40. The predicted octanol–water partition coefficient (Wildman–Crippen LogP) is 6.17. The van der Waals surface area contributed by atoms with Crippen molar-refractivity contribution in [2.75, 3.05) is 11.9 Å². The van der Waals surface area contributed by atoms with Crippen LogP contribution in [0.3, 0.4) is 0 Å². The minimum Gasteiger partial charge on any atom is -0.334 e. The van der Waals surface area contributed by atoms with Crippen molar-refractivity contribution in [3.63, 3.8) is 0 Å². The Morgan fingerprint density at radius 3 is 2.44 bits per heavy atom. The molecule has 0 aromatic heterocycles. The van der Waals surface area contributed by atoms with Gasteiger partial charge in [-0.1, -0.05) is 54.6 Å². The fraction of sp³-hybridized carbons (Fsp3) is 0.400. The average Bonchev–Trinajstić information content (AvgIpc) is 3.70. The van der Waals surface area contributed by atoms with Crippen LogP contribution >= 0.6 is 0 Å². The zero-order valence-corrected chi connectivity index (χ0v) is 20.2. The second-order valence-electron chi connectivity index (χ2n) is 10.1. The first-order valence-electron chi connectivity index (χ1n) is 12.6. The molecule has 1 saturated carbocycles. The number of aryl methyl sites for hydroxylation is 2. The minimum atomic E-state index is -0.243. The lowest BCUT2D eigenvalue weighted by Crippen LogP contribution is -2.55. The van der Waals surface area contributed by atoms with Crippen molar-refractivity contribution < 1.29 is 9.59 Å². The van der Waals surface area contributed by atoms with E-state index in [1.165, 1.54) is 18.4 Å². The highest BCUT2D eigenvalue weighted by molar-refractivity contribution is 5.99.